The number of nitrogens with two attached hydrogens (primary N) is 1. The highest BCUT2D eigenvalue weighted by Gasteiger charge is 2.35. The molecule has 1 saturated carbocycles. The molecule has 1 fully saturated rings. The summed E-state index contributed by atoms with van der Waals surface area (Å²) in [4.78, 5) is 4.47. The lowest BCUT2D eigenvalue weighted by atomic mass is 9.99. The molecule has 2 N–H and O–H groups in total. The molecule has 0 radical (unpaired) electrons. The molecule has 0 aliphatic heterocycles. The minimum Gasteiger partial charge on any atom is -0.497 e. The van der Waals surface area contributed by atoms with Crippen molar-refractivity contribution < 1.29 is 9.26 Å². The SMILES string of the molecule is COc1ccc(Cc2nc(C3(N)CCCC3)no2)cc1.Cl. The van der Waals surface area contributed by atoms with E-state index in [1.54, 1.807) is 7.11 Å². The van der Waals surface area contributed by atoms with Crippen molar-refractivity contribution in [2.75, 3.05) is 7.11 Å². The fourth-order valence-electron chi connectivity index (χ4n) is 2.68. The van der Waals surface area contributed by atoms with Crippen LogP contribution in [0.4, 0.5) is 0 Å². The quantitative estimate of drug-likeness (QED) is 0.940. The van der Waals surface area contributed by atoms with Gasteiger partial charge in [0, 0.05) is 0 Å². The van der Waals surface area contributed by atoms with E-state index in [2.05, 4.69) is 10.1 Å². The molecule has 0 bridgehead atoms. The largest absolute Gasteiger partial charge is 0.497 e. The van der Waals surface area contributed by atoms with Gasteiger partial charge in [-0.15, -0.1) is 12.4 Å². The van der Waals surface area contributed by atoms with E-state index in [0.29, 0.717) is 18.1 Å². The maximum Gasteiger partial charge on any atom is 0.231 e. The number of hydrogen-bond donors (Lipinski definition) is 1. The van der Waals surface area contributed by atoms with Gasteiger partial charge in [-0.05, 0) is 30.5 Å². The zero-order valence-electron chi connectivity index (χ0n) is 12.0. The Bertz CT molecular complexity index is 577. The van der Waals surface area contributed by atoms with Crippen LogP contribution in [0.5, 0.6) is 5.75 Å². The standard InChI is InChI=1S/C15H19N3O2.ClH/c1-19-12-6-4-11(5-7-12)10-13-17-14(18-20-13)15(16)8-2-3-9-15;/h4-7H,2-3,8-10,16H2,1H3;1H. The molecule has 1 aromatic carbocycles. The van der Waals surface area contributed by atoms with E-state index >= 15 is 0 Å². The zero-order valence-corrected chi connectivity index (χ0v) is 12.9. The van der Waals surface area contributed by atoms with E-state index in [9.17, 15) is 0 Å². The summed E-state index contributed by atoms with van der Waals surface area (Å²) in [7, 11) is 1.65. The lowest BCUT2D eigenvalue weighted by Gasteiger charge is -2.17. The summed E-state index contributed by atoms with van der Waals surface area (Å²) >= 11 is 0. The van der Waals surface area contributed by atoms with Crippen LogP contribution in [-0.4, -0.2) is 17.3 Å². The molecule has 0 amide bonds. The summed E-state index contributed by atoms with van der Waals surface area (Å²) in [5.41, 5.74) is 7.05. The smallest absolute Gasteiger partial charge is 0.231 e. The fraction of sp³-hybridized carbons (Fsp3) is 0.467. The van der Waals surface area contributed by atoms with Crippen molar-refractivity contribution in [3.63, 3.8) is 0 Å². The summed E-state index contributed by atoms with van der Waals surface area (Å²) in [5, 5.41) is 4.06. The Hall–Kier alpha value is -1.59. The Morgan fingerprint density at radius 1 is 1.24 bits per heavy atom. The maximum atomic E-state index is 6.32. The lowest BCUT2D eigenvalue weighted by Crippen LogP contribution is -2.34. The predicted molar refractivity (Wildman–Crippen MR) is 81.7 cm³/mol. The Kier molecular flexibility index (Phi) is 4.85. The third-order valence-electron chi connectivity index (χ3n) is 3.92. The second-order valence-electron chi connectivity index (χ2n) is 5.40. The lowest BCUT2D eigenvalue weighted by molar-refractivity contribution is 0.352. The molecule has 1 aromatic heterocycles. The second kappa shape index (κ2) is 6.45. The van der Waals surface area contributed by atoms with Gasteiger partial charge >= 0.3 is 0 Å². The number of hydrogen-bond acceptors (Lipinski definition) is 5. The second-order valence-corrected chi connectivity index (χ2v) is 5.40. The Morgan fingerprint density at radius 3 is 2.52 bits per heavy atom. The summed E-state index contributed by atoms with van der Waals surface area (Å²) in [6, 6.07) is 7.84. The van der Waals surface area contributed by atoms with E-state index < -0.39 is 0 Å². The van der Waals surface area contributed by atoms with Crippen molar-refractivity contribution in [1.29, 1.82) is 0 Å². The molecule has 114 valence electrons. The highest BCUT2D eigenvalue weighted by atomic mass is 35.5. The minimum atomic E-state index is -0.387. The molecule has 0 saturated heterocycles. The number of ether oxygens (including phenoxy) is 1. The number of nitrogens with zero attached hydrogens (tertiary/aromatic N) is 2. The molecular formula is C15H20ClN3O2. The van der Waals surface area contributed by atoms with Crippen molar-refractivity contribution in [1.82, 2.24) is 10.1 Å². The fourth-order valence-corrected chi connectivity index (χ4v) is 2.68. The van der Waals surface area contributed by atoms with Crippen molar-refractivity contribution in [2.24, 2.45) is 5.73 Å². The first-order valence-electron chi connectivity index (χ1n) is 6.94. The highest BCUT2D eigenvalue weighted by Crippen LogP contribution is 2.34. The van der Waals surface area contributed by atoms with E-state index in [1.165, 1.54) is 0 Å². The molecule has 3 rings (SSSR count). The predicted octanol–water partition coefficient (Wildman–Crippen LogP) is 2.82. The van der Waals surface area contributed by atoms with Gasteiger partial charge in [-0.1, -0.05) is 30.1 Å². The average molecular weight is 310 g/mol. The van der Waals surface area contributed by atoms with Gasteiger partial charge in [0.05, 0.1) is 19.1 Å². The molecule has 1 aliphatic carbocycles. The van der Waals surface area contributed by atoms with Crippen LogP contribution in [0.3, 0.4) is 0 Å². The first-order chi connectivity index (χ1) is 9.69. The van der Waals surface area contributed by atoms with Crippen LogP contribution in [0.15, 0.2) is 28.8 Å². The molecule has 2 aromatic rings. The third-order valence-corrected chi connectivity index (χ3v) is 3.92. The van der Waals surface area contributed by atoms with Crippen LogP contribution < -0.4 is 10.5 Å². The first-order valence-corrected chi connectivity index (χ1v) is 6.94. The summed E-state index contributed by atoms with van der Waals surface area (Å²) in [6.45, 7) is 0. The topological polar surface area (TPSA) is 74.2 Å². The monoisotopic (exact) mass is 309 g/mol. The third kappa shape index (κ3) is 3.36. The van der Waals surface area contributed by atoms with Crippen LogP contribution >= 0.6 is 12.4 Å². The van der Waals surface area contributed by atoms with Crippen molar-refractivity contribution in [2.45, 2.75) is 37.6 Å². The van der Waals surface area contributed by atoms with Crippen molar-refractivity contribution in [3.8, 4) is 5.75 Å². The average Bonchev–Trinajstić information content (AvgIpc) is 3.10. The van der Waals surface area contributed by atoms with Crippen LogP contribution in [0, 0.1) is 0 Å². The molecule has 6 heteroatoms. The number of halogens is 1. The van der Waals surface area contributed by atoms with E-state index in [-0.39, 0.29) is 17.9 Å². The normalized spacial score (nSPS) is 16.5. The van der Waals surface area contributed by atoms with Crippen molar-refractivity contribution in [3.05, 3.63) is 41.5 Å². The van der Waals surface area contributed by atoms with Gasteiger partial charge in [-0.3, -0.25) is 0 Å². The van der Waals surface area contributed by atoms with E-state index in [1.807, 2.05) is 24.3 Å². The summed E-state index contributed by atoms with van der Waals surface area (Å²) < 4.78 is 10.5. The number of rotatable bonds is 4. The molecule has 1 heterocycles. The van der Waals surface area contributed by atoms with Gasteiger partial charge < -0.3 is 15.0 Å². The molecular weight excluding hydrogens is 290 g/mol. The molecule has 0 unspecified atom stereocenters. The maximum absolute atomic E-state index is 6.32. The molecule has 21 heavy (non-hydrogen) atoms. The Morgan fingerprint density at radius 2 is 1.90 bits per heavy atom. The number of benzene rings is 1. The Labute approximate surface area is 130 Å². The van der Waals surface area contributed by atoms with E-state index in [0.717, 1.165) is 37.0 Å². The zero-order chi connectivity index (χ0) is 14.0. The van der Waals surface area contributed by atoms with Gasteiger partial charge in [0.1, 0.15) is 5.75 Å². The van der Waals surface area contributed by atoms with Gasteiger partial charge in [-0.25, -0.2) is 0 Å². The molecule has 5 nitrogen and oxygen atoms in total. The first kappa shape index (κ1) is 15.8. The van der Waals surface area contributed by atoms with Crippen LogP contribution in [0.2, 0.25) is 0 Å². The van der Waals surface area contributed by atoms with Crippen LogP contribution in [-0.2, 0) is 12.0 Å². The Balaban J connectivity index is 0.00000161. The molecule has 1 aliphatic rings. The van der Waals surface area contributed by atoms with Gasteiger partial charge in [0.15, 0.2) is 5.82 Å². The summed E-state index contributed by atoms with van der Waals surface area (Å²) in [5.74, 6) is 2.10. The minimum absolute atomic E-state index is 0. The number of aromatic nitrogens is 2. The molecule has 0 atom stereocenters. The van der Waals surface area contributed by atoms with Gasteiger partial charge in [0.2, 0.25) is 5.89 Å². The van der Waals surface area contributed by atoms with Gasteiger partial charge in [-0.2, -0.15) is 4.98 Å². The van der Waals surface area contributed by atoms with E-state index in [4.69, 9.17) is 15.0 Å². The van der Waals surface area contributed by atoms with Crippen LogP contribution in [0.1, 0.15) is 43.0 Å². The molecule has 0 spiro atoms. The van der Waals surface area contributed by atoms with Crippen molar-refractivity contribution >= 4 is 12.4 Å². The highest BCUT2D eigenvalue weighted by molar-refractivity contribution is 5.85. The van der Waals surface area contributed by atoms with Crippen LogP contribution in [0.25, 0.3) is 0 Å². The number of methoxy groups -OCH3 is 1. The summed E-state index contributed by atoms with van der Waals surface area (Å²) in [6.07, 6.45) is 4.77. The van der Waals surface area contributed by atoms with Gasteiger partial charge in [0.25, 0.3) is 0 Å².